The average molecular weight is 418 g/mol. The molecule has 3 rings (SSSR count). The van der Waals surface area contributed by atoms with Gasteiger partial charge in [-0.05, 0) is 30.0 Å². The number of hydrogen-bond acceptors (Lipinski definition) is 7. The molecular weight excluding hydrogens is 392 g/mol. The topological polar surface area (TPSA) is 90.9 Å². The Bertz CT molecular complexity index is 926. The molecule has 1 aromatic carbocycles. The lowest BCUT2D eigenvalue weighted by molar-refractivity contribution is -0.907. The van der Waals surface area contributed by atoms with E-state index < -0.39 is 0 Å². The molecule has 0 saturated heterocycles. The smallest absolute Gasteiger partial charge is 0.279 e. The number of amides is 1. The van der Waals surface area contributed by atoms with Gasteiger partial charge in [0, 0.05) is 6.07 Å². The number of carbonyl (C=O) groups excluding carboxylic acids is 1. The third kappa shape index (κ3) is 5.55. The molecule has 0 fully saturated rings. The monoisotopic (exact) mass is 417 g/mol. The van der Waals surface area contributed by atoms with E-state index in [-0.39, 0.29) is 12.5 Å². The zero-order valence-corrected chi connectivity index (χ0v) is 17.5. The zero-order chi connectivity index (χ0) is 20.6. The Morgan fingerprint density at radius 3 is 2.79 bits per heavy atom. The summed E-state index contributed by atoms with van der Waals surface area (Å²) in [7, 11) is 3.14. The summed E-state index contributed by atoms with van der Waals surface area (Å²) in [6.07, 6.45) is 0.931. The summed E-state index contributed by atoms with van der Waals surface area (Å²) in [4.78, 5) is 14.6. The Kier molecular flexibility index (Phi) is 7.20. The van der Waals surface area contributed by atoms with Crippen molar-refractivity contribution in [3.05, 3.63) is 41.6 Å². The highest BCUT2D eigenvalue weighted by molar-refractivity contribution is 7.13. The molecular formula is C20H25N4O4S+. The number of methoxy groups -OCH3 is 2. The normalized spacial score (nSPS) is 11.8. The molecule has 0 saturated carbocycles. The van der Waals surface area contributed by atoms with Crippen molar-refractivity contribution in [3.63, 3.8) is 0 Å². The maximum absolute atomic E-state index is 12.6. The number of quaternary nitrogens is 1. The molecule has 0 aliphatic heterocycles. The molecule has 0 spiro atoms. The van der Waals surface area contributed by atoms with E-state index in [1.807, 2.05) is 17.5 Å². The van der Waals surface area contributed by atoms with Crippen LogP contribution in [0.4, 0.5) is 5.69 Å². The van der Waals surface area contributed by atoms with Gasteiger partial charge in [-0.1, -0.05) is 13.0 Å². The highest BCUT2D eigenvalue weighted by atomic mass is 32.1. The number of thiophene rings is 1. The molecule has 1 unspecified atom stereocenters. The van der Waals surface area contributed by atoms with E-state index in [0.29, 0.717) is 35.5 Å². The molecule has 0 aliphatic carbocycles. The summed E-state index contributed by atoms with van der Waals surface area (Å²) in [6.45, 7) is 3.65. The number of hydrogen-bond donors (Lipinski definition) is 2. The first kappa shape index (κ1) is 20.8. The Labute approximate surface area is 173 Å². The molecule has 9 heteroatoms. The number of anilines is 1. The van der Waals surface area contributed by atoms with E-state index in [9.17, 15) is 4.79 Å². The van der Waals surface area contributed by atoms with Crippen molar-refractivity contribution < 1.29 is 23.6 Å². The van der Waals surface area contributed by atoms with Gasteiger partial charge in [-0.2, -0.15) is 0 Å². The van der Waals surface area contributed by atoms with Gasteiger partial charge >= 0.3 is 0 Å². The second-order valence-corrected chi connectivity index (χ2v) is 7.39. The molecule has 0 aliphatic rings. The van der Waals surface area contributed by atoms with Crippen LogP contribution in [0.3, 0.4) is 0 Å². The van der Waals surface area contributed by atoms with Gasteiger partial charge in [-0.3, -0.25) is 4.79 Å². The van der Waals surface area contributed by atoms with Crippen LogP contribution in [0, 0.1) is 0 Å². The summed E-state index contributed by atoms with van der Waals surface area (Å²) in [5.74, 6) is 2.13. The van der Waals surface area contributed by atoms with Gasteiger partial charge in [0.25, 0.3) is 17.7 Å². The average Bonchev–Trinajstić information content (AvgIpc) is 3.40. The van der Waals surface area contributed by atoms with Gasteiger partial charge in [0.15, 0.2) is 13.1 Å². The van der Waals surface area contributed by atoms with Crippen LogP contribution in [0.1, 0.15) is 19.2 Å². The maximum Gasteiger partial charge on any atom is 0.279 e. The lowest BCUT2D eigenvalue weighted by Crippen LogP contribution is -3.11. The SMILES string of the molecule is CCC[NH+](CC(=O)Nc1ccc(OC)cc1OC)Cc1nnc(-c2cccs2)o1. The van der Waals surface area contributed by atoms with Crippen LogP contribution in [0.5, 0.6) is 11.5 Å². The van der Waals surface area contributed by atoms with E-state index in [1.165, 1.54) is 0 Å². The number of nitrogens with zero attached hydrogens (tertiary/aromatic N) is 2. The van der Waals surface area contributed by atoms with Crippen LogP contribution in [-0.2, 0) is 11.3 Å². The number of carbonyl (C=O) groups is 1. The Morgan fingerprint density at radius 1 is 1.24 bits per heavy atom. The second-order valence-electron chi connectivity index (χ2n) is 6.45. The highest BCUT2D eigenvalue weighted by Crippen LogP contribution is 2.28. The number of aromatic nitrogens is 2. The lowest BCUT2D eigenvalue weighted by atomic mass is 10.2. The first-order chi connectivity index (χ1) is 14.1. The maximum atomic E-state index is 12.6. The molecule has 0 radical (unpaired) electrons. The zero-order valence-electron chi connectivity index (χ0n) is 16.7. The van der Waals surface area contributed by atoms with E-state index in [2.05, 4.69) is 22.4 Å². The summed E-state index contributed by atoms with van der Waals surface area (Å²) in [5.41, 5.74) is 0.604. The van der Waals surface area contributed by atoms with Crippen LogP contribution >= 0.6 is 11.3 Å². The van der Waals surface area contributed by atoms with Crippen molar-refractivity contribution in [2.45, 2.75) is 19.9 Å². The second kappa shape index (κ2) is 10.0. The van der Waals surface area contributed by atoms with Gasteiger partial charge in [0.05, 0.1) is 31.3 Å². The van der Waals surface area contributed by atoms with Crippen molar-refractivity contribution in [2.75, 3.05) is 32.6 Å². The van der Waals surface area contributed by atoms with Gasteiger partial charge in [0.1, 0.15) is 11.5 Å². The van der Waals surface area contributed by atoms with Crippen LogP contribution in [0.15, 0.2) is 40.1 Å². The predicted molar refractivity (Wildman–Crippen MR) is 110 cm³/mol. The number of nitrogens with one attached hydrogen (secondary N) is 2. The van der Waals surface area contributed by atoms with Gasteiger partial charge in [-0.15, -0.1) is 21.5 Å². The summed E-state index contributed by atoms with van der Waals surface area (Å²) in [6, 6.07) is 9.15. The number of ether oxygens (including phenoxy) is 2. The summed E-state index contributed by atoms with van der Waals surface area (Å²) >= 11 is 1.55. The molecule has 2 aromatic heterocycles. The third-order valence-electron chi connectivity index (χ3n) is 4.30. The van der Waals surface area contributed by atoms with Crippen molar-refractivity contribution >= 4 is 22.9 Å². The first-order valence-corrected chi connectivity index (χ1v) is 10.2. The minimum absolute atomic E-state index is 0.116. The molecule has 29 heavy (non-hydrogen) atoms. The molecule has 1 atom stereocenters. The van der Waals surface area contributed by atoms with Crippen molar-refractivity contribution in [1.29, 1.82) is 0 Å². The minimum Gasteiger partial charge on any atom is -0.497 e. The quantitative estimate of drug-likeness (QED) is 0.526. The van der Waals surface area contributed by atoms with Crippen molar-refractivity contribution in [2.24, 2.45) is 0 Å². The fourth-order valence-corrected chi connectivity index (χ4v) is 3.60. The van der Waals surface area contributed by atoms with Gasteiger partial charge in [-0.25, -0.2) is 0 Å². The van der Waals surface area contributed by atoms with Crippen LogP contribution < -0.4 is 19.7 Å². The van der Waals surface area contributed by atoms with Crippen molar-refractivity contribution in [1.82, 2.24) is 10.2 Å². The summed E-state index contributed by atoms with van der Waals surface area (Å²) in [5, 5.41) is 13.1. The molecule has 0 bridgehead atoms. The van der Waals surface area contributed by atoms with Crippen LogP contribution in [0.25, 0.3) is 10.8 Å². The predicted octanol–water partition coefficient (Wildman–Crippen LogP) is 2.25. The first-order valence-electron chi connectivity index (χ1n) is 9.34. The molecule has 154 valence electrons. The van der Waals surface area contributed by atoms with Gasteiger partial charge in [0.2, 0.25) is 0 Å². The molecule has 2 heterocycles. The molecule has 3 aromatic rings. The van der Waals surface area contributed by atoms with Crippen molar-refractivity contribution in [3.8, 4) is 22.3 Å². The third-order valence-corrected chi connectivity index (χ3v) is 5.15. The largest absolute Gasteiger partial charge is 0.497 e. The molecule has 8 nitrogen and oxygen atoms in total. The molecule has 1 amide bonds. The number of benzene rings is 1. The minimum atomic E-state index is -0.116. The van der Waals surface area contributed by atoms with Crippen LogP contribution in [-0.4, -0.2) is 43.4 Å². The van der Waals surface area contributed by atoms with Gasteiger partial charge < -0.3 is 24.1 Å². The molecule has 2 N–H and O–H groups in total. The Morgan fingerprint density at radius 2 is 2.10 bits per heavy atom. The standard InChI is InChI=1S/C20H24N4O4S/c1-4-9-24(13-19-22-23-20(28-19)17-6-5-10-29-17)12-18(25)21-15-8-7-14(26-2)11-16(15)27-3/h5-8,10-11H,4,9,12-13H2,1-3H3,(H,21,25)/p+1. The van der Waals surface area contributed by atoms with E-state index in [0.717, 1.165) is 22.7 Å². The summed E-state index contributed by atoms with van der Waals surface area (Å²) < 4.78 is 16.3. The lowest BCUT2D eigenvalue weighted by Gasteiger charge is -2.17. The Hall–Kier alpha value is -2.91. The van der Waals surface area contributed by atoms with E-state index in [1.54, 1.807) is 43.8 Å². The fraction of sp³-hybridized carbons (Fsp3) is 0.350. The van der Waals surface area contributed by atoms with E-state index >= 15 is 0 Å². The van der Waals surface area contributed by atoms with Crippen LogP contribution in [0.2, 0.25) is 0 Å². The highest BCUT2D eigenvalue weighted by Gasteiger charge is 2.19. The van der Waals surface area contributed by atoms with E-state index in [4.69, 9.17) is 13.9 Å². The number of rotatable bonds is 10. The Balaban J connectivity index is 1.63. The fourth-order valence-electron chi connectivity index (χ4n) is 2.95.